The molecule has 34 heavy (non-hydrogen) atoms. The zero-order valence-electron chi connectivity index (χ0n) is 17.5. The van der Waals surface area contributed by atoms with E-state index in [1.54, 1.807) is 6.07 Å². The zero-order valence-corrected chi connectivity index (χ0v) is 17.5. The third-order valence-corrected chi connectivity index (χ3v) is 6.30. The minimum Gasteiger partial charge on any atom is -0.439 e. The molecule has 1 atom stereocenters. The molecule has 0 amide bonds. The number of aromatic nitrogens is 1. The van der Waals surface area contributed by atoms with Crippen molar-refractivity contribution in [1.29, 1.82) is 5.26 Å². The molecule has 0 bridgehead atoms. The van der Waals surface area contributed by atoms with Crippen molar-refractivity contribution in [3.8, 4) is 17.5 Å². The van der Waals surface area contributed by atoms with E-state index in [0.29, 0.717) is 11.4 Å². The molecule has 2 aromatic carbocycles. The Morgan fingerprint density at radius 2 is 1.82 bits per heavy atom. The van der Waals surface area contributed by atoms with Crippen LogP contribution < -0.4 is 4.90 Å². The van der Waals surface area contributed by atoms with Crippen molar-refractivity contribution in [3.63, 3.8) is 0 Å². The summed E-state index contributed by atoms with van der Waals surface area (Å²) in [6, 6.07) is 8.75. The number of benzene rings is 2. The molecule has 1 aromatic heterocycles. The number of anilines is 1. The highest BCUT2D eigenvalue weighted by Crippen LogP contribution is 2.49. The molecule has 3 aromatic rings. The lowest BCUT2D eigenvalue weighted by molar-refractivity contribution is -0.138. The van der Waals surface area contributed by atoms with Crippen LogP contribution in [0.15, 0.2) is 47.0 Å². The fourth-order valence-electron chi connectivity index (χ4n) is 4.64. The van der Waals surface area contributed by atoms with E-state index in [4.69, 9.17) is 4.42 Å². The molecule has 0 spiro atoms. The molecule has 176 valence electrons. The monoisotopic (exact) mass is 477 g/mol. The van der Waals surface area contributed by atoms with Crippen LogP contribution in [0.1, 0.15) is 40.9 Å². The maximum atomic E-state index is 13.8. The minimum atomic E-state index is -4.66. The average Bonchev–Trinajstić information content (AvgIpc) is 3.41. The zero-order chi connectivity index (χ0) is 24.3. The van der Waals surface area contributed by atoms with Gasteiger partial charge in [-0.1, -0.05) is 6.07 Å². The number of rotatable bonds is 4. The Hall–Kier alpha value is -3.48. The van der Waals surface area contributed by atoms with Crippen molar-refractivity contribution in [3.05, 3.63) is 70.6 Å². The summed E-state index contributed by atoms with van der Waals surface area (Å²) >= 11 is 0. The molecule has 5 rings (SSSR count). The van der Waals surface area contributed by atoms with Gasteiger partial charge in [0.2, 0.25) is 5.89 Å². The summed E-state index contributed by atoms with van der Waals surface area (Å²) in [5.74, 6) is 0.549. The molecule has 0 saturated heterocycles. The highest BCUT2D eigenvalue weighted by atomic mass is 19.4. The topological polar surface area (TPSA) is 53.1 Å². The standard InChI is InChI=1S/C24H17F6N3O/c25-23(26,27)16-3-1-2-14(8-16)22-32-11-17(34-22)12-33-19-7-6-15(10-31)21(24(28,29)30)18(19)9-20(33)13-4-5-13/h1-3,6-8,11,13,20H,4-5,9,12H2. The molecule has 1 saturated carbocycles. The summed E-state index contributed by atoms with van der Waals surface area (Å²) in [4.78, 5) is 5.93. The number of oxazole rings is 1. The second-order valence-electron chi connectivity index (χ2n) is 8.54. The Kier molecular flexibility index (Phi) is 5.11. The number of halogens is 6. The molecule has 2 heterocycles. The summed E-state index contributed by atoms with van der Waals surface area (Å²) in [6.07, 6.45) is -5.84. The van der Waals surface area contributed by atoms with Gasteiger partial charge in [-0.25, -0.2) is 4.98 Å². The van der Waals surface area contributed by atoms with Crippen LogP contribution in [0.4, 0.5) is 32.0 Å². The third-order valence-electron chi connectivity index (χ3n) is 6.30. The van der Waals surface area contributed by atoms with Gasteiger partial charge in [0, 0.05) is 17.3 Å². The van der Waals surface area contributed by atoms with Crippen molar-refractivity contribution < 1.29 is 30.8 Å². The van der Waals surface area contributed by atoms with Crippen LogP contribution in [0.25, 0.3) is 11.5 Å². The minimum absolute atomic E-state index is 0.000647. The number of hydrogen-bond acceptors (Lipinski definition) is 4. The van der Waals surface area contributed by atoms with E-state index in [9.17, 15) is 31.6 Å². The number of nitriles is 1. The molecule has 0 radical (unpaired) electrons. The second kappa shape index (κ2) is 7.79. The first-order chi connectivity index (χ1) is 16.1. The Morgan fingerprint density at radius 1 is 1.06 bits per heavy atom. The normalized spacial score (nSPS) is 18.1. The van der Waals surface area contributed by atoms with Gasteiger partial charge < -0.3 is 9.32 Å². The van der Waals surface area contributed by atoms with Crippen molar-refractivity contribution in [2.75, 3.05) is 4.90 Å². The van der Waals surface area contributed by atoms with Crippen LogP contribution in [0, 0.1) is 17.2 Å². The Balaban J connectivity index is 1.48. The second-order valence-corrected chi connectivity index (χ2v) is 8.54. The molecule has 1 unspecified atom stereocenters. The van der Waals surface area contributed by atoms with Crippen LogP contribution in [-0.2, 0) is 25.3 Å². The van der Waals surface area contributed by atoms with Crippen LogP contribution in [0.2, 0.25) is 0 Å². The highest BCUT2D eigenvalue weighted by molar-refractivity contribution is 5.67. The van der Waals surface area contributed by atoms with Gasteiger partial charge in [-0.2, -0.15) is 31.6 Å². The van der Waals surface area contributed by atoms with Gasteiger partial charge in [0.1, 0.15) is 5.76 Å². The van der Waals surface area contributed by atoms with Crippen LogP contribution >= 0.6 is 0 Å². The first-order valence-corrected chi connectivity index (χ1v) is 10.6. The first kappa shape index (κ1) is 22.3. The van der Waals surface area contributed by atoms with Crippen molar-refractivity contribution >= 4 is 5.69 Å². The van der Waals surface area contributed by atoms with E-state index in [1.165, 1.54) is 30.5 Å². The van der Waals surface area contributed by atoms with E-state index in [-0.39, 0.29) is 41.9 Å². The predicted molar refractivity (Wildman–Crippen MR) is 109 cm³/mol. The smallest absolute Gasteiger partial charge is 0.418 e. The first-order valence-electron chi connectivity index (χ1n) is 10.6. The Labute approximate surface area is 190 Å². The van der Waals surface area contributed by atoms with E-state index in [1.807, 2.05) is 4.90 Å². The quantitative estimate of drug-likeness (QED) is 0.398. The number of hydrogen-bond donors (Lipinski definition) is 0. The van der Waals surface area contributed by atoms with Crippen LogP contribution in [0.3, 0.4) is 0 Å². The summed E-state index contributed by atoms with van der Waals surface area (Å²) in [5, 5.41) is 9.23. The van der Waals surface area contributed by atoms with Crippen molar-refractivity contribution in [2.24, 2.45) is 5.92 Å². The van der Waals surface area contributed by atoms with Gasteiger partial charge in [0.15, 0.2) is 0 Å². The molecule has 10 heteroatoms. The largest absolute Gasteiger partial charge is 0.439 e. The SMILES string of the molecule is N#Cc1ccc2c(c1C(F)(F)F)CC(C1CC1)N2Cc1cnc(-c2cccc(C(F)(F)F)c2)o1. The van der Waals surface area contributed by atoms with E-state index >= 15 is 0 Å². The number of alkyl halides is 6. The van der Waals surface area contributed by atoms with Gasteiger partial charge in [0.05, 0.1) is 35.5 Å². The third kappa shape index (κ3) is 4.00. The molecule has 0 N–H and O–H groups in total. The molecule has 2 aliphatic rings. The molecule has 4 nitrogen and oxygen atoms in total. The van der Waals surface area contributed by atoms with Gasteiger partial charge >= 0.3 is 12.4 Å². The fourth-order valence-corrected chi connectivity index (χ4v) is 4.64. The lowest BCUT2D eigenvalue weighted by Crippen LogP contribution is -2.33. The van der Waals surface area contributed by atoms with Gasteiger partial charge in [-0.15, -0.1) is 0 Å². The maximum Gasteiger partial charge on any atom is 0.418 e. The lowest BCUT2D eigenvalue weighted by atomic mass is 9.97. The van der Waals surface area contributed by atoms with Crippen molar-refractivity contribution in [2.45, 2.75) is 44.2 Å². The predicted octanol–water partition coefficient (Wildman–Crippen LogP) is 6.59. The van der Waals surface area contributed by atoms with Gasteiger partial charge in [-0.3, -0.25) is 0 Å². The fraction of sp³-hybridized carbons (Fsp3) is 0.333. The van der Waals surface area contributed by atoms with E-state index in [0.717, 1.165) is 25.0 Å². The molecular weight excluding hydrogens is 460 g/mol. The van der Waals surface area contributed by atoms with Gasteiger partial charge in [-0.05, 0) is 61.1 Å². The summed E-state index contributed by atoms with van der Waals surface area (Å²) in [6.45, 7) is 0.114. The molecule has 1 aliphatic heterocycles. The molecule has 1 aliphatic carbocycles. The van der Waals surface area contributed by atoms with Gasteiger partial charge in [0.25, 0.3) is 0 Å². The van der Waals surface area contributed by atoms with Crippen LogP contribution in [0.5, 0.6) is 0 Å². The highest BCUT2D eigenvalue weighted by Gasteiger charge is 2.46. The number of fused-ring (bicyclic) bond motifs is 1. The maximum absolute atomic E-state index is 13.8. The summed E-state index contributed by atoms with van der Waals surface area (Å²) in [5.41, 5.74) is -1.50. The summed E-state index contributed by atoms with van der Waals surface area (Å²) in [7, 11) is 0. The number of nitrogens with zero attached hydrogens (tertiary/aromatic N) is 3. The van der Waals surface area contributed by atoms with Crippen LogP contribution in [-0.4, -0.2) is 11.0 Å². The Morgan fingerprint density at radius 3 is 2.47 bits per heavy atom. The van der Waals surface area contributed by atoms with E-state index in [2.05, 4.69) is 4.98 Å². The summed E-state index contributed by atoms with van der Waals surface area (Å²) < 4.78 is 86.3. The molecular formula is C24H17F6N3O. The average molecular weight is 477 g/mol. The van der Waals surface area contributed by atoms with Crippen molar-refractivity contribution in [1.82, 2.24) is 4.98 Å². The Bertz CT molecular complexity index is 1280. The molecule has 1 fully saturated rings. The lowest BCUT2D eigenvalue weighted by Gasteiger charge is -2.26. The van der Waals surface area contributed by atoms with E-state index < -0.39 is 29.0 Å².